The summed E-state index contributed by atoms with van der Waals surface area (Å²) < 4.78 is 5.68. The predicted octanol–water partition coefficient (Wildman–Crippen LogP) is 1.72. The predicted molar refractivity (Wildman–Crippen MR) is 79.3 cm³/mol. The summed E-state index contributed by atoms with van der Waals surface area (Å²) in [5, 5.41) is 0. The smallest absolute Gasteiger partial charge is 0.226 e. The summed E-state index contributed by atoms with van der Waals surface area (Å²) in [6.07, 6.45) is 4.00. The van der Waals surface area contributed by atoms with Gasteiger partial charge in [0.05, 0.1) is 12.5 Å². The first-order valence-corrected chi connectivity index (χ1v) is 7.33. The molecule has 1 aromatic carbocycles. The highest BCUT2D eigenvalue weighted by Crippen LogP contribution is 2.15. The first kappa shape index (κ1) is 15.0. The molecule has 2 N–H and O–H groups in total. The number of amides is 1. The van der Waals surface area contributed by atoms with Crippen molar-refractivity contribution in [3.8, 4) is 0 Å². The quantitative estimate of drug-likeness (QED) is 0.891. The second kappa shape index (κ2) is 7.41. The van der Waals surface area contributed by atoms with Crippen LogP contribution in [0, 0.1) is 0 Å². The topological polar surface area (TPSA) is 55.6 Å². The van der Waals surface area contributed by atoms with Gasteiger partial charge < -0.3 is 15.4 Å². The largest absolute Gasteiger partial charge is 0.376 e. The first-order chi connectivity index (χ1) is 9.70. The number of hydrogen-bond donors (Lipinski definition) is 1. The fourth-order valence-electron chi connectivity index (χ4n) is 2.59. The van der Waals surface area contributed by atoms with Crippen molar-refractivity contribution in [1.82, 2.24) is 4.90 Å². The Morgan fingerprint density at radius 2 is 2.10 bits per heavy atom. The van der Waals surface area contributed by atoms with Crippen LogP contribution in [0.1, 0.15) is 30.4 Å². The molecular formula is C16H24N2O2. The molecule has 0 aliphatic carbocycles. The summed E-state index contributed by atoms with van der Waals surface area (Å²) in [5.41, 5.74) is 7.78. The third kappa shape index (κ3) is 4.05. The number of ether oxygens (including phenoxy) is 1. The van der Waals surface area contributed by atoms with Gasteiger partial charge in [0, 0.05) is 26.7 Å². The van der Waals surface area contributed by atoms with Gasteiger partial charge in [0.15, 0.2) is 0 Å². The van der Waals surface area contributed by atoms with Crippen molar-refractivity contribution in [2.75, 3.05) is 20.2 Å². The average molecular weight is 276 g/mol. The van der Waals surface area contributed by atoms with Crippen molar-refractivity contribution in [2.45, 2.75) is 38.3 Å². The molecule has 1 amide bonds. The Hall–Kier alpha value is -1.39. The van der Waals surface area contributed by atoms with E-state index in [1.54, 1.807) is 4.90 Å². The van der Waals surface area contributed by atoms with E-state index in [1.807, 2.05) is 31.3 Å². The minimum atomic E-state index is 0.125. The third-order valence-corrected chi connectivity index (χ3v) is 3.86. The summed E-state index contributed by atoms with van der Waals surface area (Å²) in [7, 11) is 1.85. The molecule has 4 heteroatoms. The number of carbonyl (C=O) groups excluding carboxylic acids is 1. The molecule has 110 valence electrons. The molecule has 1 aliphatic rings. The minimum absolute atomic E-state index is 0.125. The van der Waals surface area contributed by atoms with Crippen molar-refractivity contribution >= 4 is 5.91 Å². The SMILES string of the molecule is CN(CC1CCCCO1)C(=O)Cc1ccccc1CN. The van der Waals surface area contributed by atoms with Crippen molar-refractivity contribution in [3.05, 3.63) is 35.4 Å². The molecule has 2 rings (SSSR count). The monoisotopic (exact) mass is 276 g/mol. The zero-order valence-corrected chi connectivity index (χ0v) is 12.2. The molecular weight excluding hydrogens is 252 g/mol. The summed E-state index contributed by atoms with van der Waals surface area (Å²) in [6.45, 7) is 1.98. The highest BCUT2D eigenvalue weighted by atomic mass is 16.5. The molecule has 0 spiro atoms. The highest BCUT2D eigenvalue weighted by Gasteiger charge is 2.19. The molecule has 1 saturated heterocycles. The maximum Gasteiger partial charge on any atom is 0.226 e. The van der Waals surface area contributed by atoms with Gasteiger partial charge in [0.1, 0.15) is 0 Å². The van der Waals surface area contributed by atoms with E-state index < -0.39 is 0 Å². The van der Waals surface area contributed by atoms with Crippen LogP contribution >= 0.6 is 0 Å². The fraction of sp³-hybridized carbons (Fsp3) is 0.562. The van der Waals surface area contributed by atoms with Crippen LogP contribution in [0.25, 0.3) is 0 Å². The van der Waals surface area contributed by atoms with Crippen LogP contribution in [-0.4, -0.2) is 37.1 Å². The van der Waals surface area contributed by atoms with Crippen molar-refractivity contribution in [1.29, 1.82) is 0 Å². The molecule has 0 radical (unpaired) electrons. The number of hydrogen-bond acceptors (Lipinski definition) is 3. The summed E-state index contributed by atoms with van der Waals surface area (Å²) >= 11 is 0. The van der Waals surface area contributed by atoms with E-state index in [4.69, 9.17) is 10.5 Å². The van der Waals surface area contributed by atoms with Gasteiger partial charge in [-0.3, -0.25) is 4.79 Å². The Kier molecular flexibility index (Phi) is 5.56. The highest BCUT2D eigenvalue weighted by molar-refractivity contribution is 5.78. The second-order valence-electron chi connectivity index (χ2n) is 5.41. The zero-order valence-electron chi connectivity index (χ0n) is 12.2. The lowest BCUT2D eigenvalue weighted by Crippen LogP contribution is -2.38. The Balaban J connectivity index is 1.90. The van der Waals surface area contributed by atoms with Gasteiger partial charge in [-0.15, -0.1) is 0 Å². The molecule has 0 saturated carbocycles. The van der Waals surface area contributed by atoms with Crippen LogP contribution in [0.4, 0.5) is 0 Å². The number of rotatable bonds is 5. The molecule has 1 fully saturated rings. The zero-order chi connectivity index (χ0) is 14.4. The Bertz CT molecular complexity index is 442. The van der Waals surface area contributed by atoms with Gasteiger partial charge in [-0.1, -0.05) is 24.3 Å². The van der Waals surface area contributed by atoms with Gasteiger partial charge in [0.2, 0.25) is 5.91 Å². The average Bonchev–Trinajstić information content (AvgIpc) is 2.48. The molecule has 0 bridgehead atoms. The van der Waals surface area contributed by atoms with Crippen LogP contribution in [0.5, 0.6) is 0 Å². The van der Waals surface area contributed by atoms with E-state index in [-0.39, 0.29) is 12.0 Å². The molecule has 1 atom stereocenters. The van der Waals surface area contributed by atoms with Crippen LogP contribution in [0.15, 0.2) is 24.3 Å². The molecule has 4 nitrogen and oxygen atoms in total. The lowest BCUT2D eigenvalue weighted by molar-refractivity contribution is -0.131. The van der Waals surface area contributed by atoms with Crippen molar-refractivity contribution in [3.63, 3.8) is 0 Å². The van der Waals surface area contributed by atoms with E-state index in [9.17, 15) is 4.79 Å². The molecule has 1 aromatic rings. The summed E-state index contributed by atoms with van der Waals surface area (Å²) in [6, 6.07) is 7.86. The van der Waals surface area contributed by atoms with E-state index >= 15 is 0 Å². The van der Waals surface area contributed by atoms with Crippen LogP contribution < -0.4 is 5.73 Å². The molecule has 0 aromatic heterocycles. The molecule has 1 heterocycles. The Morgan fingerprint density at radius 3 is 2.75 bits per heavy atom. The van der Waals surface area contributed by atoms with E-state index in [0.29, 0.717) is 19.5 Å². The third-order valence-electron chi connectivity index (χ3n) is 3.86. The lowest BCUT2D eigenvalue weighted by Gasteiger charge is -2.27. The number of likely N-dealkylation sites (N-methyl/N-ethyl adjacent to an activating group) is 1. The van der Waals surface area contributed by atoms with Crippen LogP contribution in [0.2, 0.25) is 0 Å². The first-order valence-electron chi connectivity index (χ1n) is 7.33. The maximum atomic E-state index is 12.3. The van der Waals surface area contributed by atoms with E-state index in [0.717, 1.165) is 30.6 Å². The molecule has 1 aliphatic heterocycles. The number of carbonyl (C=O) groups is 1. The second-order valence-corrected chi connectivity index (χ2v) is 5.41. The van der Waals surface area contributed by atoms with Gasteiger partial charge in [-0.2, -0.15) is 0 Å². The van der Waals surface area contributed by atoms with Gasteiger partial charge in [-0.25, -0.2) is 0 Å². The summed E-state index contributed by atoms with van der Waals surface area (Å²) in [4.78, 5) is 14.1. The van der Waals surface area contributed by atoms with Crippen molar-refractivity contribution < 1.29 is 9.53 Å². The number of nitrogens with two attached hydrogens (primary N) is 1. The fourth-order valence-corrected chi connectivity index (χ4v) is 2.59. The van der Waals surface area contributed by atoms with Crippen LogP contribution in [0.3, 0.4) is 0 Å². The Morgan fingerprint density at radius 1 is 1.35 bits per heavy atom. The van der Waals surface area contributed by atoms with Gasteiger partial charge >= 0.3 is 0 Å². The standard InChI is InChI=1S/C16H24N2O2/c1-18(12-15-8-4-5-9-20-15)16(19)10-13-6-2-3-7-14(13)11-17/h2-3,6-7,15H,4-5,8-12,17H2,1H3. The lowest BCUT2D eigenvalue weighted by atomic mass is 10.0. The van der Waals surface area contributed by atoms with E-state index in [1.165, 1.54) is 6.42 Å². The number of nitrogens with zero attached hydrogens (tertiary/aromatic N) is 1. The number of benzene rings is 1. The van der Waals surface area contributed by atoms with Crippen LogP contribution in [-0.2, 0) is 22.5 Å². The minimum Gasteiger partial charge on any atom is -0.376 e. The van der Waals surface area contributed by atoms with Gasteiger partial charge in [-0.05, 0) is 30.4 Å². The van der Waals surface area contributed by atoms with Crippen molar-refractivity contribution in [2.24, 2.45) is 5.73 Å². The van der Waals surface area contributed by atoms with Gasteiger partial charge in [0.25, 0.3) is 0 Å². The van der Waals surface area contributed by atoms with E-state index in [2.05, 4.69) is 0 Å². The maximum absolute atomic E-state index is 12.3. The summed E-state index contributed by atoms with van der Waals surface area (Å²) in [5.74, 6) is 0.125. The molecule has 20 heavy (non-hydrogen) atoms. The Labute approximate surface area is 120 Å². The molecule has 1 unspecified atom stereocenters. The normalized spacial score (nSPS) is 18.8.